The number of thiazole rings is 1. The molecule has 2 aliphatic rings. The number of oxime groups is 1. The molecule has 3 heterocycles. The van der Waals surface area contributed by atoms with Gasteiger partial charge >= 0.3 is 6.18 Å². The molecular formula is C26H29F3N4O3S. The first kappa shape index (κ1) is 25.9. The van der Waals surface area contributed by atoms with Crippen LogP contribution in [-0.2, 0) is 11.0 Å². The van der Waals surface area contributed by atoms with Crippen LogP contribution in [0.2, 0.25) is 0 Å². The summed E-state index contributed by atoms with van der Waals surface area (Å²) >= 11 is 1.64. The van der Waals surface area contributed by atoms with Crippen LogP contribution < -0.4 is 4.74 Å². The maximum atomic E-state index is 13.4. The van der Waals surface area contributed by atoms with E-state index in [9.17, 15) is 18.3 Å². The zero-order valence-electron chi connectivity index (χ0n) is 20.4. The third-order valence-corrected chi connectivity index (χ3v) is 7.53. The number of fused-ring (bicyclic) bond motifs is 1. The molecule has 0 unspecified atom stereocenters. The molecule has 37 heavy (non-hydrogen) atoms. The average Bonchev–Trinajstić information content (AvgIpc) is 3.48. The Morgan fingerprint density at radius 3 is 2.68 bits per heavy atom. The molecule has 1 fully saturated rings. The van der Waals surface area contributed by atoms with E-state index in [1.807, 2.05) is 25.1 Å². The second kappa shape index (κ2) is 10.9. The number of aliphatic hydroxyl groups is 1. The Bertz CT molecular complexity index is 1260. The Morgan fingerprint density at radius 2 is 1.89 bits per heavy atom. The lowest BCUT2D eigenvalue weighted by Gasteiger charge is -2.36. The van der Waals surface area contributed by atoms with E-state index in [1.54, 1.807) is 17.4 Å². The second-order valence-corrected chi connectivity index (χ2v) is 10.7. The summed E-state index contributed by atoms with van der Waals surface area (Å²) in [6.45, 7) is 6.38. The lowest BCUT2D eigenvalue weighted by atomic mass is 9.99. The zero-order valence-corrected chi connectivity index (χ0v) is 21.3. The predicted octanol–water partition coefficient (Wildman–Crippen LogP) is 4.17. The number of rotatable bonds is 8. The topological polar surface area (TPSA) is 70.4 Å². The van der Waals surface area contributed by atoms with Gasteiger partial charge in [0.15, 0.2) is 0 Å². The molecule has 2 aromatic carbocycles. The number of halogens is 3. The normalized spacial score (nSPS) is 20.1. The number of aryl methyl sites for hydroxylation is 1. The Hall–Kier alpha value is -2.73. The van der Waals surface area contributed by atoms with Crippen molar-refractivity contribution in [2.24, 2.45) is 5.16 Å². The highest BCUT2D eigenvalue weighted by atomic mass is 32.1. The molecule has 0 amide bonds. The van der Waals surface area contributed by atoms with Crippen molar-refractivity contribution < 1.29 is 27.9 Å². The quantitative estimate of drug-likeness (QED) is 0.468. The summed E-state index contributed by atoms with van der Waals surface area (Å²) in [4.78, 5) is 14.4. The summed E-state index contributed by atoms with van der Waals surface area (Å²) in [5.41, 5.74) is 0.635. The van der Waals surface area contributed by atoms with Crippen molar-refractivity contribution in [1.29, 1.82) is 0 Å². The molecule has 2 aliphatic heterocycles. The monoisotopic (exact) mass is 534 g/mol. The van der Waals surface area contributed by atoms with Crippen LogP contribution in [0, 0.1) is 6.92 Å². The number of ether oxygens (including phenoxy) is 1. The fourth-order valence-electron chi connectivity index (χ4n) is 4.77. The lowest BCUT2D eigenvalue weighted by molar-refractivity contribution is -0.137. The van der Waals surface area contributed by atoms with Crippen LogP contribution in [0.5, 0.6) is 5.75 Å². The van der Waals surface area contributed by atoms with E-state index in [4.69, 9.17) is 9.57 Å². The Balaban J connectivity index is 1.04. The highest BCUT2D eigenvalue weighted by molar-refractivity contribution is 7.18. The summed E-state index contributed by atoms with van der Waals surface area (Å²) in [6.07, 6.45) is -4.99. The van der Waals surface area contributed by atoms with Crippen LogP contribution in [0.15, 0.2) is 47.6 Å². The molecule has 7 nitrogen and oxygen atoms in total. The molecule has 0 saturated carbocycles. The van der Waals surface area contributed by atoms with E-state index >= 15 is 0 Å². The first-order valence-electron chi connectivity index (χ1n) is 12.3. The summed E-state index contributed by atoms with van der Waals surface area (Å²) in [5.74, 6) is 0.692. The number of hydrogen-bond acceptors (Lipinski definition) is 8. The van der Waals surface area contributed by atoms with Crippen LogP contribution in [-0.4, -0.2) is 83.7 Å². The third-order valence-electron chi connectivity index (χ3n) is 6.58. The van der Waals surface area contributed by atoms with Gasteiger partial charge in [0.2, 0.25) is 0 Å². The van der Waals surface area contributed by atoms with Crippen molar-refractivity contribution in [1.82, 2.24) is 14.8 Å². The third kappa shape index (κ3) is 6.40. The zero-order chi connectivity index (χ0) is 26.0. The van der Waals surface area contributed by atoms with Crippen molar-refractivity contribution in [2.75, 3.05) is 45.9 Å². The second-order valence-electron chi connectivity index (χ2n) is 9.44. The van der Waals surface area contributed by atoms with Gasteiger partial charge in [0.05, 0.1) is 26.5 Å². The molecule has 1 saturated heterocycles. The number of nitrogens with zero attached hydrogens (tertiary/aromatic N) is 4. The minimum Gasteiger partial charge on any atom is -0.491 e. The van der Waals surface area contributed by atoms with Crippen molar-refractivity contribution in [2.45, 2.75) is 31.7 Å². The molecular weight excluding hydrogens is 505 g/mol. The lowest BCUT2D eigenvalue weighted by Crippen LogP contribution is -2.50. The molecule has 198 valence electrons. The van der Waals surface area contributed by atoms with E-state index in [0.717, 1.165) is 47.5 Å². The standard InChI is InChI=1S/C26H29F3N4O3S/c1-17-30-24-12-19(6-7-25(24)37-17)35-16-18(34)14-32-8-10-33(11-9-32)15-20-13-23(31-36-20)21-4-2-3-5-22(21)26(27,28)29/h2-7,12,18,20,34H,8-11,13-16H2,1H3/t18-,20-/m1/s1. The highest BCUT2D eigenvalue weighted by Crippen LogP contribution is 2.34. The molecule has 11 heteroatoms. The first-order valence-corrected chi connectivity index (χ1v) is 13.1. The fourth-order valence-corrected chi connectivity index (χ4v) is 5.57. The van der Waals surface area contributed by atoms with Crippen LogP contribution in [0.3, 0.4) is 0 Å². The van der Waals surface area contributed by atoms with Gasteiger partial charge in [0.25, 0.3) is 0 Å². The largest absolute Gasteiger partial charge is 0.491 e. The number of benzene rings is 2. The van der Waals surface area contributed by atoms with Gasteiger partial charge in [-0.25, -0.2) is 4.98 Å². The van der Waals surface area contributed by atoms with Gasteiger partial charge < -0.3 is 14.7 Å². The number of aliphatic hydroxyl groups excluding tert-OH is 1. The van der Waals surface area contributed by atoms with Gasteiger partial charge in [0.1, 0.15) is 24.6 Å². The summed E-state index contributed by atoms with van der Waals surface area (Å²) < 4.78 is 47.0. The van der Waals surface area contributed by atoms with Gasteiger partial charge in [0, 0.05) is 57.3 Å². The predicted molar refractivity (Wildman–Crippen MR) is 136 cm³/mol. The van der Waals surface area contributed by atoms with Crippen LogP contribution in [0.25, 0.3) is 10.2 Å². The fraction of sp³-hybridized carbons (Fsp3) is 0.462. The van der Waals surface area contributed by atoms with Crippen molar-refractivity contribution in [3.05, 3.63) is 58.6 Å². The van der Waals surface area contributed by atoms with Crippen LogP contribution in [0.4, 0.5) is 13.2 Å². The highest BCUT2D eigenvalue weighted by Gasteiger charge is 2.36. The molecule has 0 radical (unpaired) electrons. The summed E-state index contributed by atoms with van der Waals surface area (Å²) in [7, 11) is 0. The molecule has 0 spiro atoms. The Kier molecular flexibility index (Phi) is 7.66. The molecule has 0 aliphatic carbocycles. The van der Waals surface area contributed by atoms with Crippen LogP contribution in [0.1, 0.15) is 22.6 Å². The van der Waals surface area contributed by atoms with Gasteiger partial charge in [-0.1, -0.05) is 23.4 Å². The molecule has 2 atom stereocenters. The minimum absolute atomic E-state index is 0.0835. The van der Waals surface area contributed by atoms with E-state index < -0.39 is 17.8 Å². The molecule has 3 aromatic rings. The van der Waals surface area contributed by atoms with Gasteiger partial charge in [-0.05, 0) is 25.1 Å². The van der Waals surface area contributed by atoms with Gasteiger partial charge in [-0.3, -0.25) is 9.80 Å². The summed E-state index contributed by atoms with van der Waals surface area (Å²) in [5, 5.41) is 15.5. The van der Waals surface area contributed by atoms with E-state index in [0.29, 0.717) is 31.0 Å². The number of piperazine rings is 1. The minimum atomic E-state index is -4.43. The van der Waals surface area contributed by atoms with Crippen molar-refractivity contribution in [3.8, 4) is 5.75 Å². The smallest absolute Gasteiger partial charge is 0.417 e. The number of aromatic nitrogens is 1. The molecule has 0 bridgehead atoms. The number of β-amino-alcohol motifs (C(OH)–C–C–N with tert-alkyl or cyclic N) is 1. The Morgan fingerprint density at radius 1 is 1.14 bits per heavy atom. The van der Waals surface area contributed by atoms with Gasteiger partial charge in [-0.2, -0.15) is 13.2 Å². The van der Waals surface area contributed by atoms with Crippen LogP contribution >= 0.6 is 11.3 Å². The van der Waals surface area contributed by atoms with Crippen molar-refractivity contribution in [3.63, 3.8) is 0 Å². The summed E-state index contributed by atoms with van der Waals surface area (Å²) in [6, 6.07) is 11.3. The first-order chi connectivity index (χ1) is 17.7. The molecule has 1 aromatic heterocycles. The van der Waals surface area contributed by atoms with Gasteiger partial charge in [-0.15, -0.1) is 11.3 Å². The molecule has 5 rings (SSSR count). The van der Waals surface area contributed by atoms with Crippen molar-refractivity contribution >= 4 is 27.3 Å². The Labute approximate surface area is 217 Å². The maximum absolute atomic E-state index is 13.4. The molecule has 1 N–H and O–H groups in total. The SMILES string of the molecule is Cc1nc2cc(OC[C@H](O)CN3CCN(C[C@H]4CC(c5ccccc5C(F)(F)F)=NO4)CC3)ccc2s1. The van der Waals surface area contributed by atoms with E-state index in [-0.39, 0.29) is 18.3 Å². The van der Waals surface area contributed by atoms with E-state index in [2.05, 4.69) is 19.9 Å². The maximum Gasteiger partial charge on any atom is 0.417 e. The number of hydrogen-bond donors (Lipinski definition) is 1. The average molecular weight is 535 g/mol. The van der Waals surface area contributed by atoms with E-state index in [1.165, 1.54) is 12.1 Å². The number of alkyl halides is 3.